The molecule has 146 valence electrons. The highest BCUT2D eigenvalue weighted by Crippen LogP contribution is 2.19. The van der Waals surface area contributed by atoms with Gasteiger partial charge in [-0.1, -0.05) is 30.3 Å². The van der Waals surface area contributed by atoms with Crippen LogP contribution in [0.15, 0.2) is 36.5 Å². The number of nitrogens with one attached hydrogen (secondary N) is 2. The van der Waals surface area contributed by atoms with Crippen molar-refractivity contribution >= 4 is 0 Å². The minimum atomic E-state index is -0.214. The molecule has 0 bridgehead atoms. The lowest BCUT2D eigenvalue weighted by atomic mass is 10.1. The van der Waals surface area contributed by atoms with Gasteiger partial charge in [-0.05, 0) is 20.8 Å². The van der Waals surface area contributed by atoms with Crippen LogP contribution in [0.3, 0.4) is 0 Å². The molecule has 0 saturated carbocycles. The Balaban J connectivity index is 0.000000208. The summed E-state index contributed by atoms with van der Waals surface area (Å²) in [7, 11) is 0. The fourth-order valence-electron chi connectivity index (χ4n) is 2.72. The maximum absolute atomic E-state index is 8.78. The number of benzene rings is 1. The van der Waals surface area contributed by atoms with Crippen molar-refractivity contribution in [2.75, 3.05) is 0 Å². The van der Waals surface area contributed by atoms with Crippen LogP contribution in [-0.4, -0.2) is 19.9 Å². The van der Waals surface area contributed by atoms with Crippen LogP contribution in [-0.2, 0) is 6.42 Å². The molecule has 2 aromatic heterocycles. The van der Waals surface area contributed by atoms with Crippen molar-refractivity contribution in [3.8, 4) is 29.6 Å². The first-order chi connectivity index (χ1) is 14.0. The quantitative estimate of drug-likeness (QED) is 0.668. The summed E-state index contributed by atoms with van der Waals surface area (Å²) >= 11 is 0. The summed E-state index contributed by atoms with van der Waals surface area (Å²) in [6.45, 7) is 5.51. The van der Waals surface area contributed by atoms with Gasteiger partial charge >= 0.3 is 0 Å². The molecule has 0 saturated heterocycles. The molecule has 0 radical (unpaired) electrons. The second-order valence-electron chi connectivity index (χ2n) is 6.60. The second-order valence-corrected chi connectivity index (χ2v) is 6.60. The number of nitrogens with zero attached hydrogens (tertiary/aromatic N) is 5. The first kappa shape index (κ1) is 21.4. The third-order valence-corrected chi connectivity index (χ3v) is 4.32. The maximum atomic E-state index is 8.78. The van der Waals surface area contributed by atoms with Crippen molar-refractivity contribution in [3.63, 3.8) is 0 Å². The third kappa shape index (κ3) is 5.79. The Kier molecular flexibility index (Phi) is 7.71. The molecule has 1 aromatic carbocycles. The zero-order valence-corrected chi connectivity index (χ0v) is 16.8. The topological polar surface area (TPSA) is 129 Å². The van der Waals surface area contributed by atoms with Crippen LogP contribution in [0.5, 0.6) is 0 Å². The second kappa shape index (κ2) is 10.4. The SMILES string of the molecule is CC(C#N)c1cnc(-c2ccccc2)[nH]1.Cc1nc(C(C)C#N)c(CCC#N)[nH]1. The van der Waals surface area contributed by atoms with Crippen LogP contribution in [0.25, 0.3) is 11.4 Å². The standard InChI is InChI=1S/C12H11N3.C10H12N4/c1-9(7-13)11-8-14-12(15-11)10-5-3-2-4-6-10;1-7(6-12)10-9(4-3-5-11)13-8(2)14-10/h2-6,8-9H,1H3,(H,14,15);7H,3-4H2,1-2H3,(H,13,14). The summed E-state index contributed by atoms with van der Waals surface area (Å²) in [5.74, 6) is 1.26. The zero-order valence-electron chi connectivity index (χ0n) is 16.8. The first-order valence-electron chi connectivity index (χ1n) is 9.32. The predicted octanol–water partition coefficient (Wildman–Crippen LogP) is 4.51. The maximum Gasteiger partial charge on any atom is 0.137 e. The van der Waals surface area contributed by atoms with E-state index in [9.17, 15) is 0 Å². The van der Waals surface area contributed by atoms with Gasteiger partial charge in [-0.2, -0.15) is 15.8 Å². The minimum Gasteiger partial charge on any atom is -0.346 e. The molecular formula is C22H23N7. The number of hydrogen-bond donors (Lipinski definition) is 2. The van der Waals surface area contributed by atoms with E-state index < -0.39 is 0 Å². The Morgan fingerprint density at radius 1 is 1.00 bits per heavy atom. The Labute approximate surface area is 170 Å². The highest BCUT2D eigenvalue weighted by molar-refractivity contribution is 5.54. The van der Waals surface area contributed by atoms with E-state index in [0.717, 1.165) is 34.3 Å². The molecule has 0 fully saturated rings. The summed E-state index contributed by atoms with van der Waals surface area (Å²) in [5.41, 5.74) is 3.59. The van der Waals surface area contributed by atoms with Crippen molar-refractivity contribution in [1.29, 1.82) is 15.8 Å². The molecule has 0 amide bonds. The summed E-state index contributed by atoms with van der Waals surface area (Å²) in [4.78, 5) is 14.7. The van der Waals surface area contributed by atoms with Crippen molar-refractivity contribution in [1.82, 2.24) is 19.9 Å². The molecule has 2 unspecified atom stereocenters. The predicted molar refractivity (Wildman–Crippen MR) is 109 cm³/mol. The number of nitriles is 3. The molecule has 2 atom stereocenters. The van der Waals surface area contributed by atoms with Crippen LogP contribution < -0.4 is 0 Å². The van der Waals surface area contributed by atoms with Crippen LogP contribution in [0.2, 0.25) is 0 Å². The number of H-pyrrole nitrogens is 2. The molecule has 7 heteroatoms. The van der Waals surface area contributed by atoms with Gasteiger partial charge in [-0.15, -0.1) is 0 Å². The van der Waals surface area contributed by atoms with Gasteiger partial charge in [-0.25, -0.2) is 9.97 Å². The Bertz CT molecular complexity index is 1040. The third-order valence-electron chi connectivity index (χ3n) is 4.32. The lowest BCUT2D eigenvalue weighted by molar-refractivity contribution is 0.873. The first-order valence-corrected chi connectivity index (χ1v) is 9.32. The highest BCUT2D eigenvalue weighted by atomic mass is 14.9. The van der Waals surface area contributed by atoms with E-state index in [4.69, 9.17) is 15.8 Å². The van der Waals surface area contributed by atoms with Crippen molar-refractivity contribution < 1.29 is 0 Å². The molecule has 0 aliphatic carbocycles. The number of aromatic nitrogens is 4. The monoisotopic (exact) mass is 385 g/mol. The van der Waals surface area contributed by atoms with Crippen LogP contribution in [0.4, 0.5) is 0 Å². The Morgan fingerprint density at radius 3 is 2.31 bits per heavy atom. The van der Waals surface area contributed by atoms with E-state index >= 15 is 0 Å². The molecule has 3 aromatic rings. The highest BCUT2D eigenvalue weighted by Gasteiger charge is 2.14. The van der Waals surface area contributed by atoms with Gasteiger partial charge in [0.05, 0.1) is 41.4 Å². The molecule has 29 heavy (non-hydrogen) atoms. The van der Waals surface area contributed by atoms with Crippen molar-refractivity contribution in [3.05, 3.63) is 59.4 Å². The summed E-state index contributed by atoms with van der Waals surface area (Å²) in [5, 5.41) is 26.0. The van der Waals surface area contributed by atoms with E-state index in [2.05, 4.69) is 38.1 Å². The van der Waals surface area contributed by atoms with Crippen LogP contribution >= 0.6 is 0 Å². The fraction of sp³-hybridized carbons (Fsp3) is 0.318. The number of aryl methyl sites for hydroxylation is 2. The van der Waals surface area contributed by atoms with Crippen molar-refractivity contribution in [2.45, 2.75) is 45.4 Å². The Hall–Kier alpha value is -3.89. The molecule has 2 heterocycles. The molecule has 2 N–H and O–H groups in total. The number of rotatable bonds is 5. The fourth-order valence-corrected chi connectivity index (χ4v) is 2.72. The van der Waals surface area contributed by atoms with E-state index in [1.165, 1.54) is 0 Å². The zero-order chi connectivity index (χ0) is 21.2. The normalized spacial score (nSPS) is 11.9. The van der Waals surface area contributed by atoms with E-state index in [0.29, 0.717) is 12.8 Å². The average molecular weight is 385 g/mol. The van der Waals surface area contributed by atoms with Gasteiger partial charge in [0.25, 0.3) is 0 Å². The summed E-state index contributed by atoms with van der Waals surface area (Å²) in [6, 6.07) is 16.3. The number of imidazole rings is 2. The lowest BCUT2D eigenvalue weighted by Crippen LogP contribution is -1.96. The summed E-state index contributed by atoms with van der Waals surface area (Å²) < 4.78 is 0. The van der Waals surface area contributed by atoms with Gasteiger partial charge in [0, 0.05) is 30.3 Å². The largest absolute Gasteiger partial charge is 0.346 e. The smallest absolute Gasteiger partial charge is 0.137 e. The van der Waals surface area contributed by atoms with Crippen LogP contribution in [0, 0.1) is 40.9 Å². The van der Waals surface area contributed by atoms with Gasteiger partial charge < -0.3 is 9.97 Å². The Morgan fingerprint density at radius 2 is 1.69 bits per heavy atom. The number of hydrogen-bond acceptors (Lipinski definition) is 5. The molecule has 7 nitrogen and oxygen atoms in total. The molecule has 0 aliphatic rings. The van der Waals surface area contributed by atoms with Gasteiger partial charge in [-0.3, -0.25) is 0 Å². The van der Waals surface area contributed by atoms with Gasteiger partial charge in [0.15, 0.2) is 0 Å². The molecule has 3 rings (SSSR count). The average Bonchev–Trinajstić information content (AvgIpc) is 3.39. The lowest BCUT2D eigenvalue weighted by Gasteiger charge is -2.00. The van der Waals surface area contributed by atoms with E-state index in [-0.39, 0.29) is 11.8 Å². The van der Waals surface area contributed by atoms with Crippen molar-refractivity contribution in [2.24, 2.45) is 0 Å². The van der Waals surface area contributed by atoms with E-state index in [1.54, 1.807) is 6.20 Å². The van der Waals surface area contributed by atoms with Gasteiger partial charge in [0.1, 0.15) is 11.6 Å². The van der Waals surface area contributed by atoms with Gasteiger partial charge in [0.2, 0.25) is 0 Å². The molecule has 0 aliphatic heterocycles. The number of aromatic amines is 2. The van der Waals surface area contributed by atoms with Crippen LogP contribution in [0.1, 0.15) is 55.0 Å². The minimum absolute atomic E-state index is 0.144. The molecule has 0 spiro atoms. The van der Waals surface area contributed by atoms with E-state index in [1.807, 2.05) is 51.1 Å². The summed E-state index contributed by atoms with van der Waals surface area (Å²) in [6.07, 6.45) is 2.81. The molecular weight excluding hydrogens is 362 g/mol.